The molecule has 3 heteroatoms. The molecular weight excluding hydrogens is 202 g/mol. The van der Waals surface area contributed by atoms with Crippen LogP contribution in [0, 0.1) is 0 Å². The Morgan fingerprint density at radius 2 is 1.69 bits per heavy atom. The molecule has 0 saturated heterocycles. The van der Waals surface area contributed by atoms with E-state index in [0.717, 1.165) is 5.56 Å². The molecular formula is C13H13NO2. The Kier molecular flexibility index (Phi) is 2.96. The molecule has 0 spiro atoms. The molecule has 0 aliphatic heterocycles. The molecule has 0 aliphatic rings. The molecule has 3 N–H and O–H groups in total. The van der Waals surface area contributed by atoms with Crippen molar-refractivity contribution in [2.75, 3.05) is 5.73 Å². The third-order valence-corrected chi connectivity index (χ3v) is 2.30. The average Bonchev–Trinajstić information content (AvgIpc) is 2.30. The molecule has 0 aromatic heterocycles. The number of aromatic hydroxyl groups is 1. The summed E-state index contributed by atoms with van der Waals surface area (Å²) in [6.07, 6.45) is 0. The summed E-state index contributed by atoms with van der Waals surface area (Å²) in [7, 11) is 0. The first-order valence-electron chi connectivity index (χ1n) is 5.01. The molecule has 0 atom stereocenters. The molecule has 82 valence electrons. The number of phenolic OH excluding ortho intramolecular Hbond substituents is 1. The van der Waals surface area contributed by atoms with Crippen LogP contribution in [0.25, 0.3) is 0 Å². The van der Waals surface area contributed by atoms with Crippen molar-refractivity contribution in [3.8, 4) is 11.5 Å². The predicted molar refractivity (Wildman–Crippen MR) is 63.3 cm³/mol. The molecule has 2 aromatic carbocycles. The normalized spacial score (nSPS) is 10.0. The number of rotatable bonds is 3. The van der Waals surface area contributed by atoms with Crippen molar-refractivity contribution < 1.29 is 9.84 Å². The highest BCUT2D eigenvalue weighted by Gasteiger charge is 2.02. The van der Waals surface area contributed by atoms with Gasteiger partial charge in [-0.25, -0.2) is 0 Å². The van der Waals surface area contributed by atoms with Crippen LogP contribution in [0.15, 0.2) is 48.5 Å². The minimum atomic E-state index is 0.136. The third kappa shape index (κ3) is 2.25. The number of nitrogen functional groups attached to an aromatic ring is 1. The van der Waals surface area contributed by atoms with E-state index in [-0.39, 0.29) is 5.75 Å². The van der Waals surface area contributed by atoms with E-state index >= 15 is 0 Å². The predicted octanol–water partition coefficient (Wildman–Crippen LogP) is 2.55. The van der Waals surface area contributed by atoms with Crippen molar-refractivity contribution in [3.05, 3.63) is 54.1 Å². The number of hydrogen-bond acceptors (Lipinski definition) is 3. The largest absolute Gasteiger partial charge is 0.504 e. The van der Waals surface area contributed by atoms with Gasteiger partial charge in [0, 0.05) is 11.3 Å². The second-order valence-corrected chi connectivity index (χ2v) is 3.46. The molecule has 0 amide bonds. The molecule has 0 saturated carbocycles. The van der Waals surface area contributed by atoms with Crippen LogP contribution >= 0.6 is 0 Å². The van der Waals surface area contributed by atoms with Gasteiger partial charge < -0.3 is 15.6 Å². The smallest absolute Gasteiger partial charge is 0.161 e. The zero-order chi connectivity index (χ0) is 11.4. The van der Waals surface area contributed by atoms with Crippen molar-refractivity contribution in [2.45, 2.75) is 6.61 Å². The standard InChI is InChI=1S/C13H13NO2/c14-11-6-2-1-5-10(11)9-16-13-8-4-3-7-12(13)15/h1-8,15H,9,14H2. The van der Waals surface area contributed by atoms with Crippen LogP contribution in [-0.2, 0) is 6.61 Å². The summed E-state index contributed by atoms with van der Waals surface area (Å²) in [6.45, 7) is 0.351. The molecule has 0 heterocycles. The van der Waals surface area contributed by atoms with E-state index in [1.807, 2.05) is 30.3 Å². The first-order chi connectivity index (χ1) is 7.77. The number of benzene rings is 2. The quantitative estimate of drug-likeness (QED) is 0.773. The van der Waals surface area contributed by atoms with Crippen molar-refractivity contribution in [1.29, 1.82) is 0 Å². The van der Waals surface area contributed by atoms with Gasteiger partial charge in [-0.05, 0) is 18.2 Å². The highest BCUT2D eigenvalue weighted by Crippen LogP contribution is 2.25. The Balaban J connectivity index is 2.09. The molecule has 0 unspecified atom stereocenters. The summed E-state index contributed by atoms with van der Waals surface area (Å²) in [5, 5.41) is 9.50. The minimum absolute atomic E-state index is 0.136. The van der Waals surface area contributed by atoms with Gasteiger partial charge in [-0.2, -0.15) is 0 Å². The third-order valence-electron chi connectivity index (χ3n) is 2.30. The zero-order valence-electron chi connectivity index (χ0n) is 8.76. The number of hydrogen-bond donors (Lipinski definition) is 2. The van der Waals surface area contributed by atoms with Gasteiger partial charge in [0.25, 0.3) is 0 Å². The molecule has 3 nitrogen and oxygen atoms in total. The maximum atomic E-state index is 9.50. The molecule has 0 aliphatic carbocycles. The highest BCUT2D eigenvalue weighted by molar-refractivity contribution is 5.46. The highest BCUT2D eigenvalue weighted by atomic mass is 16.5. The van der Waals surface area contributed by atoms with E-state index in [0.29, 0.717) is 18.0 Å². The summed E-state index contributed by atoms with van der Waals surface area (Å²) in [5.74, 6) is 0.600. The molecule has 2 aromatic rings. The topological polar surface area (TPSA) is 55.5 Å². The molecule has 0 radical (unpaired) electrons. The number of nitrogens with two attached hydrogens (primary N) is 1. The van der Waals surface area contributed by atoms with Crippen molar-refractivity contribution in [2.24, 2.45) is 0 Å². The van der Waals surface area contributed by atoms with Gasteiger partial charge in [0.05, 0.1) is 0 Å². The van der Waals surface area contributed by atoms with E-state index in [1.54, 1.807) is 18.2 Å². The van der Waals surface area contributed by atoms with Crippen LogP contribution in [0.1, 0.15) is 5.56 Å². The van der Waals surface area contributed by atoms with E-state index in [2.05, 4.69) is 0 Å². The fraction of sp³-hybridized carbons (Fsp3) is 0.0769. The Morgan fingerprint density at radius 3 is 2.44 bits per heavy atom. The van der Waals surface area contributed by atoms with Crippen LogP contribution < -0.4 is 10.5 Å². The summed E-state index contributed by atoms with van der Waals surface area (Å²) >= 11 is 0. The van der Waals surface area contributed by atoms with E-state index in [9.17, 15) is 5.11 Å². The Hall–Kier alpha value is -2.16. The molecule has 16 heavy (non-hydrogen) atoms. The molecule has 0 fully saturated rings. The first kappa shape index (κ1) is 10.4. The fourth-order valence-corrected chi connectivity index (χ4v) is 1.40. The minimum Gasteiger partial charge on any atom is -0.504 e. The fourth-order valence-electron chi connectivity index (χ4n) is 1.40. The van der Waals surface area contributed by atoms with E-state index in [1.165, 1.54) is 0 Å². The Bertz CT molecular complexity index is 437. The summed E-state index contributed by atoms with van der Waals surface area (Å²) < 4.78 is 5.47. The van der Waals surface area contributed by atoms with Crippen molar-refractivity contribution in [3.63, 3.8) is 0 Å². The Morgan fingerprint density at radius 1 is 1.00 bits per heavy atom. The van der Waals surface area contributed by atoms with Gasteiger partial charge in [-0.1, -0.05) is 30.3 Å². The lowest BCUT2D eigenvalue weighted by Gasteiger charge is -2.09. The maximum Gasteiger partial charge on any atom is 0.161 e. The summed E-state index contributed by atoms with van der Waals surface area (Å²) in [4.78, 5) is 0. The second-order valence-electron chi connectivity index (χ2n) is 3.46. The van der Waals surface area contributed by atoms with Crippen molar-refractivity contribution in [1.82, 2.24) is 0 Å². The lowest BCUT2D eigenvalue weighted by molar-refractivity contribution is 0.289. The van der Waals surface area contributed by atoms with Crippen LogP contribution in [0.3, 0.4) is 0 Å². The van der Waals surface area contributed by atoms with Gasteiger partial charge in [0.2, 0.25) is 0 Å². The molecule has 0 bridgehead atoms. The number of ether oxygens (including phenoxy) is 1. The van der Waals surface area contributed by atoms with E-state index in [4.69, 9.17) is 10.5 Å². The van der Waals surface area contributed by atoms with Crippen LogP contribution in [0.4, 0.5) is 5.69 Å². The van der Waals surface area contributed by atoms with Crippen molar-refractivity contribution >= 4 is 5.69 Å². The zero-order valence-corrected chi connectivity index (χ0v) is 8.76. The van der Waals surface area contributed by atoms with Crippen LogP contribution in [0.5, 0.6) is 11.5 Å². The van der Waals surface area contributed by atoms with Gasteiger partial charge in [0.15, 0.2) is 11.5 Å². The molecule has 2 rings (SSSR count). The lowest BCUT2D eigenvalue weighted by Crippen LogP contribution is -1.99. The van der Waals surface area contributed by atoms with Crippen LogP contribution in [0.2, 0.25) is 0 Å². The second kappa shape index (κ2) is 4.57. The lowest BCUT2D eigenvalue weighted by atomic mass is 10.2. The van der Waals surface area contributed by atoms with Crippen LogP contribution in [-0.4, -0.2) is 5.11 Å². The van der Waals surface area contributed by atoms with Gasteiger partial charge in [-0.15, -0.1) is 0 Å². The number of para-hydroxylation sites is 3. The summed E-state index contributed by atoms with van der Waals surface area (Å²) in [6, 6.07) is 14.4. The monoisotopic (exact) mass is 215 g/mol. The average molecular weight is 215 g/mol. The van der Waals surface area contributed by atoms with Gasteiger partial charge in [0.1, 0.15) is 6.61 Å². The summed E-state index contributed by atoms with van der Waals surface area (Å²) in [5.41, 5.74) is 7.38. The number of anilines is 1. The maximum absolute atomic E-state index is 9.50. The van der Waals surface area contributed by atoms with Gasteiger partial charge in [-0.3, -0.25) is 0 Å². The Labute approximate surface area is 94.1 Å². The van der Waals surface area contributed by atoms with Gasteiger partial charge >= 0.3 is 0 Å². The SMILES string of the molecule is Nc1ccccc1COc1ccccc1O. The van der Waals surface area contributed by atoms with E-state index < -0.39 is 0 Å². The number of phenols is 1. The first-order valence-corrected chi connectivity index (χ1v) is 5.01.